The van der Waals surface area contributed by atoms with Crippen molar-refractivity contribution in [3.63, 3.8) is 0 Å². The van der Waals surface area contributed by atoms with Gasteiger partial charge in [0.2, 0.25) is 5.91 Å². The van der Waals surface area contributed by atoms with Crippen molar-refractivity contribution in [1.82, 2.24) is 4.90 Å². The van der Waals surface area contributed by atoms with Crippen LogP contribution in [0.5, 0.6) is 0 Å². The first kappa shape index (κ1) is 16.9. The Kier molecular flexibility index (Phi) is 5.48. The van der Waals surface area contributed by atoms with Crippen LogP contribution < -0.4 is 11.1 Å². The van der Waals surface area contributed by atoms with Gasteiger partial charge in [0.25, 0.3) is 5.91 Å². The maximum atomic E-state index is 12.4. The number of morpholine rings is 1. The van der Waals surface area contributed by atoms with Crippen LogP contribution in [0.2, 0.25) is 0 Å². The molecule has 130 valence electrons. The lowest BCUT2D eigenvalue weighted by molar-refractivity contribution is -0.120. The minimum Gasteiger partial charge on any atom is -0.378 e. The molecule has 0 radical (unpaired) electrons. The average molecular weight is 331 g/mol. The first-order chi connectivity index (χ1) is 11.6. The molecule has 0 spiro atoms. The highest BCUT2D eigenvalue weighted by Crippen LogP contribution is 2.24. The van der Waals surface area contributed by atoms with Crippen LogP contribution >= 0.6 is 0 Å². The highest BCUT2D eigenvalue weighted by atomic mass is 16.5. The van der Waals surface area contributed by atoms with E-state index in [1.54, 1.807) is 29.2 Å². The van der Waals surface area contributed by atoms with Gasteiger partial charge in [-0.05, 0) is 43.5 Å². The van der Waals surface area contributed by atoms with Crippen molar-refractivity contribution in [3.8, 4) is 0 Å². The standard InChI is InChI=1S/C18H25N3O3/c19-15-3-1-2-14(12-15)17(22)20-16-6-4-13(5-7-16)18(23)21-8-10-24-11-9-21/h4-7,14-15H,1-3,8-12,19H2,(H,20,22). The van der Waals surface area contributed by atoms with Crippen LogP contribution in [0.3, 0.4) is 0 Å². The molecule has 6 heteroatoms. The van der Waals surface area contributed by atoms with Crippen LogP contribution in [0.15, 0.2) is 24.3 Å². The number of rotatable bonds is 3. The van der Waals surface area contributed by atoms with E-state index in [0.717, 1.165) is 31.4 Å². The van der Waals surface area contributed by atoms with Crippen molar-refractivity contribution in [3.05, 3.63) is 29.8 Å². The van der Waals surface area contributed by atoms with Crippen molar-refractivity contribution in [2.75, 3.05) is 31.6 Å². The van der Waals surface area contributed by atoms with Gasteiger partial charge in [-0.2, -0.15) is 0 Å². The third-order valence-corrected chi connectivity index (χ3v) is 4.78. The third kappa shape index (κ3) is 4.13. The minimum absolute atomic E-state index is 0.00873. The van der Waals surface area contributed by atoms with Gasteiger partial charge in [-0.1, -0.05) is 6.42 Å². The molecule has 1 aliphatic heterocycles. The minimum atomic E-state index is -0.0107. The molecular weight excluding hydrogens is 306 g/mol. The van der Waals surface area contributed by atoms with E-state index in [9.17, 15) is 9.59 Å². The number of nitrogens with two attached hydrogens (primary N) is 1. The van der Waals surface area contributed by atoms with Crippen molar-refractivity contribution in [2.24, 2.45) is 11.7 Å². The lowest BCUT2D eigenvalue weighted by Crippen LogP contribution is -2.40. The zero-order chi connectivity index (χ0) is 16.9. The first-order valence-corrected chi connectivity index (χ1v) is 8.67. The molecule has 1 heterocycles. The number of carbonyl (C=O) groups is 2. The van der Waals surface area contributed by atoms with Gasteiger partial charge >= 0.3 is 0 Å². The van der Waals surface area contributed by atoms with Gasteiger partial charge in [0.1, 0.15) is 0 Å². The van der Waals surface area contributed by atoms with Crippen molar-refractivity contribution in [1.29, 1.82) is 0 Å². The van der Waals surface area contributed by atoms with Gasteiger partial charge in [0.05, 0.1) is 13.2 Å². The number of nitrogens with one attached hydrogen (secondary N) is 1. The molecular formula is C18H25N3O3. The summed E-state index contributed by atoms with van der Waals surface area (Å²) in [6.45, 7) is 2.42. The Labute approximate surface area is 142 Å². The molecule has 6 nitrogen and oxygen atoms in total. The Morgan fingerprint density at radius 1 is 1.12 bits per heavy atom. The maximum Gasteiger partial charge on any atom is 0.254 e. The second-order valence-corrected chi connectivity index (χ2v) is 6.59. The lowest BCUT2D eigenvalue weighted by atomic mass is 9.85. The summed E-state index contributed by atoms with van der Waals surface area (Å²) in [5.41, 5.74) is 7.30. The Morgan fingerprint density at radius 2 is 1.83 bits per heavy atom. The fourth-order valence-corrected chi connectivity index (χ4v) is 3.36. The molecule has 2 atom stereocenters. The molecule has 1 saturated carbocycles. The number of benzene rings is 1. The molecule has 3 N–H and O–H groups in total. The number of hydrogen-bond acceptors (Lipinski definition) is 4. The van der Waals surface area contributed by atoms with Crippen molar-refractivity contribution >= 4 is 17.5 Å². The van der Waals surface area contributed by atoms with E-state index in [1.807, 2.05) is 0 Å². The largest absolute Gasteiger partial charge is 0.378 e. The summed E-state index contributed by atoms with van der Waals surface area (Å²) in [5, 5.41) is 2.94. The zero-order valence-corrected chi connectivity index (χ0v) is 13.9. The van der Waals surface area contributed by atoms with E-state index in [1.165, 1.54) is 0 Å². The number of amides is 2. The topological polar surface area (TPSA) is 84.7 Å². The summed E-state index contributed by atoms with van der Waals surface area (Å²) in [4.78, 5) is 26.5. The predicted octanol–water partition coefficient (Wildman–Crippen LogP) is 1.61. The summed E-state index contributed by atoms with van der Waals surface area (Å²) in [5.74, 6) is 0.0234. The highest BCUT2D eigenvalue weighted by molar-refractivity contribution is 5.96. The number of nitrogens with zero attached hydrogens (tertiary/aromatic N) is 1. The Balaban J connectivity index is 1.57. The van der Waals surface area contributed by atoms with Gasteiger partial charge in [-0.15, -0.1) is 0 Å². The predicted molar refractivity (Wildman–Crippen MR) is 91.7 cm³/mol. The van der Waals surface area contributed by atoms with Crippen LogP contribution in [-0.4, -0.2) is 49.1 Å². The van der Waals surface area contributed by atoms with Crippen LogP contribution in [0.4, 0.5) is 5.69 Å². The number of carbonyl (C=O) groups excluding carboxylic acids is 2. The van der Waals surface area contributed by atoms with Crippen molar-refractivity contribution < 1.29 is 14.3 Å². The normalized spacial score (nSPS) is 24.5. The molecule has 2 amide bonds. The van der Waals surface area contributed by atoms with Crippen LogP contribution in [-0.2, 0) is 9.53 Å². The van der Waals surface area contributed by atoms with Crippen molar-refractivity contribution in [2.45, 2.75) is 31.7 Å². The summed E-state index contributed by atoms with van der Waals surface area (Å²) in [6, 6.07) is 7.23. The second-order valence-electron chi connectivity index (χ2n) is 6.59. The second kappa shape index (κ2) is 7.77. The molecule has 1 aromatic carbocycles. The van der Waals surface area contributed by atoms with E-state index in [4.69, 9.17) is 10.5 Å². The quantitative estimate of drug-likeness (QED) is 0.881. The molecule has 1 aromatic rings. The van der Waals surface area contributed by atoms with Gasteiger partial charge in [0, 0.05) is 36.3 Å². The fourth-order valence-electron chi connectivity index (χ4n) is 3.36. The number of ether oxygens (including phenoxy) is 1. The molecule has 0 bridgehead atoms. The SMILES string of the molecule is NC1CCCC(C(=O)Nc2ccc(C(=O)N3CCOCC3)cc2)C1. The highest BCUT2D eigenvalue weighted by Gasteiger charge is 2.25. The van der Waals surface area contributed by atoms with Gasteiger partial charge in [0.15, 0.2) is 0 Å². The molecule has 1 saturated heterocycles. The molecule has 2 unspecified atom stereocenters. The van der Waals surface area contributed by atoms with Gasteiger partial charge in [-0.3, -0.25) is 9.59 Å². The Morgan fingerprint density at radius 3 is 2.50 bits per heavy atom. The smallest absolute Gasteiger partial charge is 0.254 e. The molecule has 24 heavy (non-hydrogen) atoms. The van der Waals surface area contributed by atoms with Crippen LogP contribution in [0.25, 0.3) is 0 Å². The van der Waals surface area contributed by atoms with E-state index < -0.39 is 0 Å². The van der Waals surface area contributed by atoms with Crippen LogP contribution in [0.1, 0.15) is 36.0 Å². The molecule has 2 fully saturated rings. The molecule has 2 aliphatic rings. The number of hydrogen-bond donors (Lipinski definition) is 2. The lowest BCUT2D eigenvalue weighted by Gasteiger charge is -2.27. The van der Waals surface area contributed by atoms with E-state index >= 15 is 0 Å². The fraction of sp³-hybridized carbons (Fsp3) is 0.556. The Hall–Kier alpha value is -1.92. The van der Waals surface area contributed by atoms with E-state index in [-0.39, 0.29) is 23.8 Å². The van der Waals surface area contributed by atoms with Gasteiger partial charge in [-0.25, -0.2) is 0 Å². The van der Waals surface area contributed by atoms with Crippen LogP contribution in [0, 0.1) is 5.92 Å². The monoisotopic (exact) mass is 331 g/mol. The number of anilines is 1. The summed E-state index contributed by atoms with van der Waals surface area (Å²) in [7, 11) is 0. The van der Waals surface area contributed by atoms with E-state index in [2.05, 4.69) is 5.32 Å². The summed E-state index contributed by atoms with van der Waals surface area (Å²) < 4.78 is 5.26. The molecule has 0 aromatic heterocycles. The first-order valence-electron chi connectivity index (χ1n) is 8.67. The summed E-state index contributed by atoms with van der Waals surface area (Å²) in [6.07, 6.45) is 3.65. The van der Waals surface area contributed by atoms with Gasteiger partial charge < -0.3 is 20.7 Å². The average Bonchev–Trinajstić information content (AvgIpc) is 2.62. The maximum absolute atomic E-state index is 12.4. The molecule has 3 rings (SSSR count). The summed E-state index contributed by atoms with van der Waals surface area (Å²) >= 11 is 0. The Bertz CT molecular complexity index is 582. The van der Waals surface area contributed by atoms with E-state index in [0.29, 0.717) is 31.9 Å². The third-order valence-electron chi connectivity index (χ3n) is 4.78. The zero-order valence-electron chi connectivity index (χ0n) is 13.9. The molecule has 1 aliphatic carbocycles.